The van der Waals surface area contributed by atoms with E-state index in [-0.39, 0.29) is 40.5 Å². The van der Waals surface area contributed by atoms with Crippen LogP contribution in [0.2, 0.25) is 0 Å². The van der Waals surface area contributed by atoms with E-state index in [0.29, 0.717) is 0 Å². The number of rotatable bonds is 7. The van der Waals surface area contributed by atoms with Gasteiger partial charge in [0, 0.05) is 18.0 Å². The highest BCUT2D eigenvalue weighted by Crippen LogP contribution is 2.27. The normalized spacial score (nSPS) is 15.0. The summed E-state index contributed by atoms with van der Waals surface area (Å²) in [6, 6.07) is 4.01. The lowest BCUT2D eigenvalue weighted by atomic mass is 10.1. The fourth-order valence-corrected chi connectivity index (χ4v) is 4.47. The molecule has 0 atom stereocenters. The fraction of sp³-hybridized carbons (Fsp3) is 0.556. The van der Waals surface area contributed by atoms with Crippen LogP contribution in [0.4, 0.5) is 0 Å². The predicted octanol–water partition coefficient (Wildman–Crippen LogP) is 1.72. The molecule has 0 saturated heterocycles. The molecular weight excluding hydrogens is 370 g/mol. The van der Waals surface area contributed by atoms with Crippen LogP contribution < -0.4 is 20.3 Å². The van der Waals surface area contributed by atoms with E-state index in [4.69, 9.17) is 4.74 Å². The first kappa shape index (κ1) is 21.2. The molecule has 1 aliphatic rings. The molecule has 1 fully saturated rings. The first-order valence-corrected chi connectivity index (χ1v) is 10.5. The highest BCUT2D eigenvalue weighted by atomic mass is 32.2. The Hall–Kier alpha value is -2.13. The molecule has 0 unspecified atom stereocenters. The lowest BCUT2D eigenvalue weighted by Crippen LogP contribution is -2.42. The minimum absolute atomic E-state index is 0.0990. The lowest BCUT2D eigenvalue weighted by molar-refractivity contribution is -0.122. The molecule has 1 aromatic rings. The molecular formula is C18H27N3O5S. The summed E-state index contributed by atoms with van der Waals surface area (Å²) in [7, 11) is -2.46. The zero-order valence-corrected chi connectivity index (χ0v) is 16.7. The van der Waals surface area contributed by atoms with Crippen molar-refractivity contribution < 1.29 is 22.7 Å². The minimum Gasteiger partial charge on any atom is -0.495 e. The number of nitrogens with one attached hydrogen (secondary N) is 3. The standard InChI is InChI=1S/C18H27N3O5S/c1-12(2)10-17(22)19-20-18(23)13-8-9-15(26-3)16(11-13)27(24,25)21-14-6-4-5-7-14/h8-9,11-12,14,21H,4-7,10H2,1-3H3,(H,19,22)(H,20,23). The number of benzene rings is 1. The molecule has 0 aromatic heterocycles. The van der Waals surface area contributed by atoms with Crippen LogP contribution in [0.15, 0.2) is 23.1 Å². The highest BCUT2D eigenvalue weighted by Gasteiger charge is 2.26. The summed E-state index contributed by atoms with van der Waals surface area (Å²) in [6.45, 7) is 3.78. The van der Waals surface area contributed by atoms with Gasteiger partial charge in [-0.25, -0.2) is 13.1 Å². The smallest absolute Gasteiger partial charge is 0.269 e. The summed E-state index contributed by atoms with van der Waals surface area (Å²) < 4.78 is 33.3. The third-order valence-electron chi connectivity index (χ3n) is 4.30. The zero-order valence-electron chi connectivity index (χ0n) is 15.9. The van der Waals surface area contributed by atoms with E-state index >= 15 is 0 Å². The molecule has 2 rings (SSSR count). The summed E-state index contributed by atoms with van der Waals surface area (Å²) in [5.41, 5.74) is 4.73. The summed E-state index contributed by atoms with van der Waals surface area (Å²) in [5, 5.41) is 0. The first-order valence-electron chi connectivity index (χ1n) is 9.02. The van der Waals surface area contributed by atoms with Crippen molar-refractivity contribution in [3.63, 3.8) is 0 Å². The van der Waals surface area contributed by atoms with Gasteiger partial charge in [0.25, 0.3) is 5.91 Å². The molecule has 9 heteroatoms. The van der Waals surface area contributed by atoms with Crippen molar-refractivity contribution in [1.29, 1.82) is 0 Å². The number of carbonyl (C=O) groups is 2. The molecule has 1 aliphatic carbocycles. The summed E-state index contributed by atoms with van der Waals surface area (Å²) >= 11 is 0. The molecule has 1 aromatic carbocycles. The van der Waals surface area contributed by atoms with Crippen molar-refractivity contribution in [2.24, 2.45) is 5.92 Å². The Labute approximate surface area is 160 Å². The van der Waals surface area contributed by atoms with Crippen LogP contribution in [0, 0.1) is 5.92 Å². The Kier molecular flexibility index (Phi) is 7.20. The second-order valence-electron chi connectivity index (χ2n) is 7.07. The third kappa shape index (κ3) is 5.93. The van der Waals surface area contributed by atoms with Crippen LogP contribution >= 0.6 is 0 Å². The van der Waals surface area contributed by atoms with Gasteiger partial charge >= 0.3 is 0 Å². The van der Waals surface area contributed by atoms with Gasteiger partial charge in [0.05, 0.1) is 7.11 Å². The van der Waals surface area contributed by atoms with Gasteiger partial charge in [0.15, 0.2) is 0 Å². The van der Waals surface area contributed by atoms with Crippen LogP contribution in [0.1, 0.15) is 56.3 Å². The molecule has 2 amide bonds. The van der Waals surface area contributed by atoms with Crippen LogP contribution in [0.5, 0.6) is 5.75 Å². The molecule has 0 heterocycles. The van der Waals surface area contributed by atoms with Crippen LogP contribution in [-0.2, 0) is 14.8 Å². The molecule has 0 spiro atoms. The van der Waals surface area contributed by atoms with Crippen molar-refractivity contribution in [3.05, 3.63) is 23.8 Å². The Balaban J connectivity index is 2.16. The van der Waals surface area contributed by atoms with Gasteiger partial charge in [-0.05, 0) is 37.0 Å². The van der Waals surface area contributed by atoms with Gasteiger partial charge in [-0.1, -0.05) is 26.7 Å². The summed E-state index contributed by atoms with van der Waals surface area (Å²) in [6.07, 6.45) is 3.84. The molecule has 0 aliphatic heterocycles. The number of hydrogen-bond donors (Lipinski definition) is 3. The zero-order chi connectivity index (χ0) is 20.0. The van der Waals surface area contributed by atoms with E-state index in [1.165, 1.54) is 25.3 Å². The maximum atomic E-state index is 12.7. The first-order chi connectivity index (χ1) is 12.7. The average Bonchev–Trinajstić information content (AvgIpc) is 3.10. The van der Waals surface area contributed by atoms with Gasteiger partial charge in [-0.15, -0.1) is 0 Å². The van der Waals surface area contributed by atoms with Crippen molar-refractivity contribution in [2.45, 2.75) is 56.9 Å². The lowest BCUT2D eigenvalue weighted by Gasteiger charge is -2.16. The maximum Gasteiger partial charge on any atom is 0.269 e. The Morgan fingerprint density at radius 1 is 1.19 bits per heavy atom. The van der Waals surface area contributed by atoms with E-state index in [9.17, 15) is 18.0 Å². The monoisotopic (exact) mass is 397 g/mol. The SMILES string of the molecule is COc1ccc(C(=O)NNC(=O)CC(C)C)cc1S(=O)(=O)NC1CCCC1. The molecule has 27 heavy (non-hydrogen) atoms. The predicted molar refractivity (Wildman–Crippen MR) is 101 cm³/mol. The van der Waals surface area contributed by atoms with E-state index < -0.39 is 15.9 Å². The summed E-state index contributed by atoms with van der Waals surface area (Å²) in [4.78, 5) is 23.8. The topological polar surface area (TPSA) is 114 Å². The summed E-state index contributed by atoms with van der Waals surface area (Å²) in [5.74, 6) is -0.614. The van der Waals surface area contributed by atoms with Gasteiger partial charge < -0.3 is 4.74 Å². The van der Waals surface area contributed by atoms with Gasteiger partial charge in [0.2, 0.25) is 15.9 Å². The van der Waals surface area contributed by atoms with Gasteiger partial charge in [-0.2, -0.15) is 0 Å². The van der Waals surface area contributed by atoms with Gasteiger partial charge in [-0.3, -0.25) is 20.4 Å². The van der Waals surface area contributed by atoms with E-state index in [1.807, 2.05) is 13.8 Å². The fourth-order valence-electron chi connectivity index (χ4n) is 2.97. The number of ether oxygens (including phenoxy) is 1. The number of sulfonamides is 1. The Morgan fingerprint density at radius 2 is 1.85 bits per heavy atom. The third-order valence-corrected chi connectivity index (χ3v) is 5.84. The number of methoxy groups -OCH3 is 1. The van der Waals surface area contributed by atoms with Crippen molar-refractivity contribution in [1.82, 2.24) is 15.6 Å². The molecule has 0 radical (unpaired) electrons. The number of amides is 2. The van der Waals surface area contributed by atoms with E-state index in [0.717, 1.165) is 25.7 Å². The van der Waals surface area contributed by atoms with Crippen LogP contribution in [0.3, 0.4) is 0 Å². The largest absolute Gasteiger partial charge is 0.495 e. The maximum absolute atomic E-state index is 12.7. The second-order valence-corrected chi connectivity index (χ2v) is 8.75. The quantitative estimate of drug-likeness (QED) is 0.606. The Morgan fingerprint density at radius 3 is 2.44 bits per heavy atom. The average molecular weight is 397 g/mol. The Bertz CT molecular complexity index is 786. The van der Waals surface area contributed by atoms with Crippen molar-refractivity contribution in [2.75, 3.05) is 7.11 Å². The van der Waals surface area contributed by atoms with Crippen LogP contribution in [-0.4, -0.2) is 33.4 Å². The number of carbonyl (C=O) groups excluding carboxylic acids is 2. The molecule has 8 nitrogen and oxygen atoms in total. The van der Waals surface area contributed by atoms with Gasteiger partial charge in [0.1, 0.15) is 10.6 Å². The number of hydrazine groups is 1. The minimum atomic E-state index is -3.83. The molecule has 0 bridgehead atoms. The second kappa shape index (κ2) is 9.18. The highest BCUT2D eigenvalue weighted by molar-refractivity contribution is 7.89. The van der Waals surface area contributed by atoms with Crippen molar-refractivity contribution >= 4 is 21.8 Å². The van der Waals surface area contributed by atoms with Crippen molar-refractivity contribution in [3.8, 4) is 5.75 Å². The van der Waals surface area contributed by atoms with Crippen LogP contribution in [0.25, 0.3) is 0 Å². The molecule has 150 valence electrons. The van der Waals surface area contributed by atoms with E-state index in [1.54, 1.807) is 0 Å². The van der Waals surface area contributed by atoms with E-state index in [2.05, 4.69) is 15.6 Å². The number of hydrogen-bond acceptors (Lipinski definition) is 5. The molecule has 3 N–H and O–H groups in total. The molecule has 1 saturated carbocycles.